The molecular formula is C21H33F3N4O2. The Balaban J connectivity index is 1.91. The van der Waals surface area contributed by atoms with Gasteiger partial charge >= 0.3 is 6.18 Å². The summed E-state index contributed by atoms with van der Waals surface area (Å²) in [6, 6.07) is 5.77. The van der Waals surface area contributed by atoms with Crippen LogP contribution in [0.25, 0.3) is 0 Å². The molecule has 6 nitrogen and oxygen atoms in total. The number of ether oxygens (including phenoxy) is 2. The first-order chi connectivity index (χ1) is 14.3. The van der Waals surface area contributed by atoms with Crippen molar-refractivity contribution in [3.05, 3.63) is 23.8 Å². The van der Waals surface area contributed by atoms with E-state index >= 15 is 0 Å². The first-order valence-electron chi connectivity index (χ1n) is 10.3. The smallest absolute Gasteiger partial charge is 0.401 e. The SMILES string of the molecule is CCOc1cc(CNC(=NC)N2CCC(CN(CC)CC(F)(F)F)C2)ccc1OC. The van der Waals surface area contributed by atoms with Gasteiger partial charge in [0.2, 0.25) is 0 Å². The van der Waals surface area contributed by atoms with E-state index in [1.54, 1.807) is 21.1 Å². The third-order valence-corrected chi connectivity index (χ3v) is 5.14. The minimum atomic E-state index is -4.16. The van der Waals surface area contributed by atoms with Crippen LogP contribution in [-0.2, 0) is 6.54 Å². The Kier molecular flexibility index (Phi) is 9.08. The van der Waals surface area contributed by atoms with Crippen molar-refractivity contribution in [1.82, 2.24) is 15.1 Å². The maximum absolute atomic E-state index is 12.7. The molecule has 0 saturated carbocycles. The molecule has 0 spiro atoms. The van der Waals surface area contributed by atoms with Crippen molar-refractivity contribution in [3.63, 3.8) is 0 Å². The van der Waals surface area contributed by atoms with Crippen LogP contribution >= 0.6 is 0 Å². The number of nitrogens with one attached hydrogen (secondary N) is 1. The minimum Gasteiger partial charge on any atom is -0.493 e. The van der Waals surface area contributed by atoms with Gasteiger partial charge < -0.3 is 19.7 Å². The van der Waals surface area contributed by atoms with E-state index in [0.717, 1.165) is 24.5 Å². The zero-order valence-corrected chi connectivity index (χ0v) is 18.3. The van der Waals surface area contributed by atoms with E-state index in [1.807, 2.05) is 25.1 Å². The molecule has 170 valence electrons. The number of methoxy groups -OCH3 is 1. The second-order valence-corrected chi connectivity index (χ2v) is 7.36. The molecule has 0 aromatic heterocycles. The van der Waals surface area contributed by atoms with Crippen molar-refractivity contribution in [2.24, 2.45) is 10.9 Å². The molecule has 9 heteroatoms. The highest BCUT2D eigenvalue weighted by Crippen LogP contribution is 2.28. The second kappa shape index (κ2) is 11.3. The number of hydrogen-bond donors (Lipinski definition) is 1. The van der Waals surface area contributed by atoms with Gasteiger partial charge in [0.1, 0.15) is 0 Å². The predicted octanol–water partition coefficient (Wildman–Crippen LogP) is 3.38. The fraction of sp³-hybridized carbons (Fsp3) is 0.667. The fourth-order valence-corrected chi connectivity index (χ4v) is 3.71. The molecule has 2 rings (SSSR count). The largest absolute Gasteiger partial charge is 0.493 e. The van der Waals surface area contributed by atoms with Crippen molar-refractivity contribution < 1.29 is 22.6 Å². The zero-order valence-electron chi connectivity index (χ0n) is 18.3. The maximum atomic E-state index is 12.7. The fourth-order valence-electron chi connectivity index (χ4n) is 3.71. The van der Waals surface area contributed by atoms with Crippen LogP contribution in [0.15, 0.2) is 23.2 Å². The Hall–Kier alpha value is -2.16. The van der Waals surface area contributed by atoms with Gasteiger partial charge in [-0.1, -0.05) is 13.0 Å². The summed E-state index contributed by atoms with van der Waals surface area (Å²) in [6.45, 7) is 6.26. The molecule has 0 aliphatic carbocycles. The summed E-state index contributed by atoms with van der Waals surface area (Å²) >= 11 is 0. The molecule has 1 saturated heterocycles. The average molecular weight is 431 g/mol. The molecular weight excluding hydrogens is 397 g/mol. The highest BCUT2D eigenvalue weighted by atomic mass is 19.4. The highest BCUT2D eigenvalue weighted by Gasteiger charge is 2.33. The molecule has 1 unspecified atom stereocenters. The van der Waals surface area contributed by atoms with E-state index in [1.165, 1.54) is 4.90 Å². The lowest BCUT2D eigenvalue weighted by atomic mass is 10.1. The lowest BCUT2D eigenvalue weighted by molar-refractivity contribution is -0.146. The van der Waals surface area contributed by atoms with E-state index in [-0.39, 0.29) is 5.92 Å². The summed E-state index contributed by atoms with van der Waals surface area (Å²) in [6.07, 6.45) is -3.31. The van der Waals surface area contributed by atoms with E-state index in [4.69, 9.17) is 9.47 Å². The first kappa shape index (κ1) is 24.1. The number of alkyl halides is 3. The quantitative estimate of drug-likeness (QED) is 0.481. The number of likely N-dealkylation sites (tertiary alicyclic amines) is 1. The molecule has 30 heavy (non-hydrogen) atoms. The predicted molar refractivity (Wildman–Crippen MR) is 112 cm³/mol. The molecule has 0 amide bonds. The van der Waals surface area contributed by atoms with Crippen molar-refractivity contribution >= 4 is 5.96 Å². The molecule has 1 aliphatic rings. The Morgan fingerprint density at radius 1 is 1.30 bits per heavy atom. The second-order valence-electron chi connectivity index (χ2n) is 7.36. The number of aliphatic imine (C=N–C) groups is 1. The van der Waals surface area contributed by atoms with Gasteiger partial charge in [-0.2, -0.15) is 13.2 Å². The Morgan fingerprint density at radius 3 is 2.67 bits per heavy atom. The summed E-state index contributed by atoms with van der Waals surface area (Å²) in [5.74, 6) is 2.33. The number of nitrogens with zero attached hydrogens (tertiary/aromatic N) is 3. The number of rotatable bonds is 9. The van der Waals surface area contributed by atoms with Gasteiger partial charge in [-0.3, -0.25) is 9.89 Å². The van der Waals surface area contributed by atoms with Gasteiger partial charge in [0, 0.05) is 33.2 Å². The zero-order chi connectivity index (χ0) is 22.1. The van der Waals surface area contributed by atoms with Crippen LogP contribution in [0.5, 0.6) is 11.5 Å². The Bertz CT molecular complexity index is 697. The average Bonchev–Trinajstić information content (AvgIpc) is 3.15. The van der Waals surface area contributed by atoms with Crippen LogP contribution in [0, 0.1) is 5.92 Å². The molecule has 1 aliphatic heterocycles. The lowest BCUT2D eigenvalue weighted by Gasteiger charge is -2.26. The molecule has 1 fully saturated rings. The summed E-state index contributed by atoms with van der Waals surface area (Å²) in [7, 11) is 3.33. The monoisotopic (exact) mass is 430 g/mol. The highest BCUT2D eigenvalue weighted by molar-refractivity contribution is 5.80. The summed E-state index contributed by atoms with van der Waals surface area (Å²) in [4.78, 5) is 7.93. The summed E-state index contributed by atoms with van der Waals surface area (Å²) in [5.41, 5.74) is 1.03. The molecule has 1 atom stereocenters. The molecule has 1 aromatic carbocycles. The van der Waals surface area contributed by atoms with Gasteiger partial charge in [0.05, 0.1) is 20.3 Å². The summed E-state index contributed by atoms with van der Waals surface area (Å²) < 4.78 is 49.1. The van der Waals surface area contributed by atoms with Crippen LogP contribution in [0.2, 0.25) is 0 Å². The van der Waals surface area contributed by atoms with Gasteiger partial charge in [0.15, 0.2) is 17.5 Å². The van der Waals surface area contributed by atoms with E-state index < -0.39 is 12.7 Å². The third-order valence-electron chi connectivity index (χ3n) is 5.14. The van der Waals surface area contributed by atoms with Crippen molar-refractivity contribution in [2.45, 2.75) is 33.0 Å². The van der Waals surface area contributed by atoms with E-state index in [2.05, 4.69) is 15.2 Å². The molecule has 1 heterocycles. The molecule has 1 N–H and O–H groups in total. The van der Waals surface area contributed by atoms with Gasteiger partial charge in [-0.25, -0.2) is 0 Å². The Labute approximate surface area is 177 Å². The number of hydrogen-bond acceptors (Lipinski definition) is 4. The standard InChI is InChI=1S/C21H33F3N4O2/c1-5-27(15-21(22,23)24)13-17-9-10-28(14-17)20(25-3)26-12-16-7-8-18(29-4)19(11-16)30-6-2/h7-8,11,17H,5-6,9-10,12-15H2,1-4H3,(H,25,26). The van der Waals surface area contributed by atoms with Crippen molar-refractivity contribution in [2.75, 3.05) is 53.5 Å². The third kappa shape index (κ3) is 7.27. The van der Waals surface area contributed by atoms with E-state index in [0.29, 0.717) is 44.3 Å². The number of halogens is 3. The Morgan fingerprint density at radius 2 is 2.07 bits per heavy atom. The first-order valence-corrected chi connectivity index (χ1v) is 10.3. The van der Waals surface area contributed by atoms with Crippen molar-refractivity contribution in [3.8, 4) is 11.5 Å². The summed E-state index contributed by atoms with van der Waals surface area (Å²) in [5, 5.41) is 3.35. The maximum Gasteiger partial charge on any atom is 0.401 e. The molecule has 0 radical (unpaired) electrons. The number of guanidine groups is 1. The normalized spacial score (nSPS) is 17.5. The van der Waals surface area contributed by atoms with Crippen LogP contribution in [-0.4, -0.2) is 75.4 Å². The van der Waals surface area contributed by atoms with Crippen molar-refractivity contribution in [1.29, 1.82) is 0 Å². The lowest BCUT2D eigenvalue weighted by Crippen LogP contribution is -2.41. The number of benzene rings is 1. The molecule has 0 bridgehead atoms. The minimum absolute atomic E-state index is 0.191. The van der Waals surface area contributed by atoms with Crippen LogP contribution in [0.4, 0.5) is 13.2 Å². The topological polar surface area (TPSA) is 49.3 Å². The molecule has 1 aromatic rings. The van der Waals surface area contributed by atoms with Gasteiger partial charge in [0.25, 0.3) is 0 Å². The van der Waals surface area contributed by atoms with Gasteiger partial charge in [-0.05, 0) is 43.5 Å². The van der Waals surface area contributed by atoms with Crippen LogP contribution in [0.3, 0.4) is 0 Å². The van der Waals surface area contributed by atoms with E-state index in [9.17, 15) is 13.2 Å². The van der Waals surface area contributed by atoms with Crippen LogP contribution in [0.1, 0.15) is 25.8 Å². The van der Waals surface area contributed by atoms with Crippen LogP contribution < -0.4 is 14.8 Å². The van der Waals surface area contributed by atoms with Gasteiger partial charge in [-0.15, -0.1) is 0 Å².